The normalized spacial score (nSPS) is 9.40. The molecule has 0 heterocycles. The Hall–Kier alpha value is -1.15. The van der Waals surface area contributed by atoms with E-state index in [0.717, 1.165) is 0 Å². The van der Waals surface area contributed by atoms with Gasteiger partial charge >= 0.3 is 17.9 Å². The van der Waals surface area contributed by atoms with Crippen LogP contribution in [0.2, 0.25) is 0 Å². The summed E-state index contributed by atoms with van der Waals surface area (Å²) in [5.41, 5.74) is -2.74. The molecular weight excluding hydrogens is 264 g/mol. The number of hydrogen-bond donors (Lipinski definition) is 4. The molecule has 0 fully saturated rings. The molecule has 0 aliphatic rings. The summed E-state index contributed by atoms with van der Waals surface area (Å²) in [5.74, 6) is -5.02. The average molecular weight is 274 g/mol. The molecule has 0 aliphatic carbocycles. The summed E-state index contributed by atoms with van der Waals surface area (Å²) in [5, 5.41) is 33.8. The quantitative estimate of drug-likeness (QED) is 0.418. The predicted octanol–water partition coefficient (Wildman–Crippen LogP) is -2.08. The average Bonchev–Trinajstić information content (AvgIpc) is 1.82. The van der Waals surface area contributed by atoms with Crippen molar-refractivity contribution in [3.63, 3.8) is 0 Å². The third-order valence-corrected chi connectivity index (χ3v) is 1.29. The van der Waals surface area contributed by atoms with E-state index in [9.17, 15) is 14.4 Å². The van der Waals surface area contributed by atoms with Gasteiger partial charge < -0.3 is 25.9 Å². The Bertz CT molecular complexity index is 234. The summed E-state index contributed by atoms with van der Waals surface area (Å²) < 4.78 is 0. The van der Waals surface area contributed by atoms with Crippen molar-refractivity contribution in [1.29, 1.82) is 0 Å². The van der Waals surface area contributed by atoms with Gasteiger partial charge in [-0.1, -0.05) is 0 Å². The van der Waals surface area contributed by atoms with Crippen molar-refractivity contribution in [2.75, 3.05) is 0 Å². The van der Waals surface area contributed by atoms with Crippen LogP contribution in [-0.4, -0.2) is 49.4 Å². The molecule has 15 heavy (non-hydrogen) atoms. The Morgan fingerprint density at radius 1 is 0.933 bits per heavy atom. The predicted molar refractivity (Wildman–Crippen MR) is 40.7 cm³/mol. The molecule has 0 spiro atoms. The minimum absolute atomic E-state index is 0. The van der Waals surface area contributed by atoms with E-state index in [0.29, 0.717) is 0 Å². The maximum absolute atomic E-state index is 10.3. The number of carboxylic acids is 3. The van der Waals surface area contributed by atoms with Crippen LogP contribution in [0.4, 0.5) is 0 Å². The Kier molecular flexibility index (Phi) is 9.30. The van der Waals surface area contributed by atoms with Crippen molar-refractivity contribution in [2.45, 2.75) is 18.4 Å². The molecule has 0 bridgehead atoms. The standard InChI is InChI=1S/C6H8O7.Cu.H2O/c7-3(8)1-6(13,5(11)12)2-4(9)10;;/h13H,1-2H2,(H,7,8)(H,9,10)(H,11,12);;1H2. The second-order valence-electron chi connectivity index (χ2n) is 2.48. The molecule has 8 nitrogen and oxygen atoms in total. The van der Waals surface area contributed by atoms with Gasteiger partial charge in [-0.15, -0.1) is 0 Å². The number of aliphatic hydroxyl groups is 1. The van der Waals surface area contributed by atoms with Crippen LogP contribution >= 0.6 is 0 Å². The zero-order chi connectivity index (χ0) is 10.6. The summed E-state index contributed by atoms with van der Waals surface area (Å²) >= 11 is 0. The first-order chi connectivity index (χ1) is 5.78. The Balaban J connectivity index is -0.000000720. The molecule has 0 aromatic heterocycles. The maximum atomic E-state index is 10.3. The van der Waals surface area contributed by atoms with Gasteiger partial charge in [0, 0.05) is 17.1 Å². The fraction of sp³-hybridized carbons (Fsp3) is 0.500. The van der Waals surface area contributed by atoms with Crippen LogP contribution < -0.4 is 0 Å². The molecule has 0 saturated carbocycles. The molecule has 0 atom stereocenters. The van der Waals surface area contributed by atoms with Crippen LogP contribution in [-0.2, 0) is 31.5 Å². The van der Waals surface area contributed by atoms with E-state index in [4.69, 9.17) is 20.4 Å². The van der Waals surface area contributed by atoms with E-state index in [2.05, 4.69) is 0 Å². The van der Waals surface area contributed by atoms with E-state index in [-0.39, 0.29) is 22.5 Å². The molecule has 0 unspecified atom stereocenters. The van der Waals surface area contributed by atoms with E-state index in [1.165, 1.54) is 0 Å². The van der Waals surface area contributed by atoms with Gasteiger partial charge in [0.1, 0.15) is 0 Å². The smallest absolute Gasteiger partial charge is 0.336 e. The van der Waals surface area contributed by atoms with E-state index in [1.807, 2.05) is 0 Å². The van der Waals surface area contributed by atoms with Gasteiger partial charge in [0.05, 0.1) is 12.8 Å². The fourth-order valence-corrected chi connectivity index (χ4v) is 0.714. The Labute approximate surface area is 94.3 Å². The number of aliphatic carboxylic acids is 3. The van der Waals surface area contributed by atoms with E-state index < -0.39 is 36.4 Å². The van der Waals surface area contributed by atoms with Crippen molar-refractivity contribution in [3.05, 3.63) is 0 Å². The summed E-state index contributed by atoms with van der Waals surface area (Å²) in [6.45, 7) is 0. The van der Waals surface area contributed by atoms with Gasteiger partial charge in [-0.3, -0.25) is 9.59 Å². The first-order valence-electron chi connectivity index (χ1n) is 3.17. The number of carbonyl (C=O) groups is 3. The largest absolute Gasteiger partial charge is 0.481 e. The SMILES string of the molecule is O.O=C(O)CC(O)(CC(=O)O)C(=O)O.[Cu]. The van der Waals surface area contributed by atoms with Crippen molar-refractivity contribution in [3.8, 4) is 0 Å². The molecule has 0 aliphatic heterocycles. The van der Waals surface area contributed by atoms with Gasteiger partial charge in [-0.25, -0.2) is 4.79 Å². The first kappa shape index (κ1) is 19.4. The maximum Gasteiger partial charge on any atom is 0.336 e. The third-order valence-electron chi connectivity index (χ3n) is 1.29. The van der Waals surface area contributed by atoms with Crippen molar-refractivity contribution in [2.24, 2.45) is 0 Å². The van der Waals surface area contributed by atoms with Crippen LogP contribution in [0, 0.1) is 0 Å². The third kappa shape index (κ3) is 6.86. The van der Waals surface area contributed by atoms with Crippen molar-refractivity contribution < 1.29 is 57.4 Å². The minimum atomic E-state index is -2.74. The molecule has 0 aromatic carbocycles. The number of rotatable bonds is 5. The molecule has 0 amide bonds. The first-order valence-corrected chi connectivity index (χ1v) is 3.17. The number of carboxylic acid groups (broad SMARTS) is 3. The summed E-state index contributed by atoms with van der Waals surface area (Å²) in [7, 11) is 0. The van der Waals surface area contributed by atoms with Gasteiger partial charge in [-0.05, 0) is 0 Å². The summed E-state index contributed by atoms with van der Waals surface area (Å²) in [6.07, 6.45) is -2.29. The minimum Gasteiger partial charge on any atom is -0.481 e. The number of hydrogen-bond acceptors (Lipinski definition) is 4. The summed E-state index contributed by atoms with van der Waals surface area (Å²) in [4.78, 5) is 30.5. The van der Waals surface area contributed by atoms with Crippen molar-refractivity contribution >= 4 is 17.9 Å². The van der Waals surface area contributed by atoms with Gasteiger partial charge in [0.15, 0.2) is 5.60 Å². The molecular formula is C6H10CuO8. The second kappa shape index (κ2) is 7.18. The van der Waals surface area contributed by atoms with E-state index >= 15 is 0 Å². The van der Waals surface area contributed by atoms with Crippen LogP contribution in [0.1, 0.15) is 12.8 Å². The summed E-state index contributed by atoms with van der Waals surface area (Å²) in [6, 6.07) is 0. The van der Waals surface area contributed by atoms with Gasteiger partial charge in [-0.2, -0.15) is 0 Å². The monoisotopic (exact) mass is 273 g/mol. The van der Waals surface area contributed by atoms with Crippen molar-refractivity contribution in [1.82, 2.24) is 0 Å². The molecule has 1 radical (unpaired) electrons. The van der Waals surface area contributed by atoms with Crippen LogP contribution in [0.3, 0.4) is 0 Å². The second-order valence-corrected chi connectivity index (χ2v) is 2.48. The molecule has 0 saturated heterocycles. The fourth-order valence-electron chi connectivity index (χ4n) is 0.714. The van der Waals surface area contributed by atoms with Crippen LogP contribution in [0.5, 0.6) is 0 Å². The van der Waals surface area contributed by atoms with Crippen LogP contribution in [0.25, 0.3) is 0 Å². The zero-order valence-corrected chi connectivity index (χ0v) is 8.17. The zero-order valence-electron chi connectivity index (χ0n) is 7.23. The molecule has 6 N–H and O–H groups in total. The van der Waals surface area contributed by atoms with Gasteiger partial charge in [0.25, 0.3) is 0 Å². The van der Waals surface area contributed by atoms with Gasteiger partial charge in [0.2, 0.25) is 0 Å². The Morgan fingerprint density at radius 2 is 1.20 bits per heavy atom. The molecule has 93 valence electrons. The molecule has 0 aromatic rings. The topological polar surface area (TPSA) is 164 Å². The van der Waals surface area contributed by atoms with E-state index in [1.54, 1.807) is 0 Å². The molecule has 9 heteroatoms. The van der Waals surface area contributed by atoms with Crippen LogP contribution in [0.15, 0.2) is 0 Å². The molecule has 0 rings (SSSR count). The Morgan fingerprint density at radius 3 is 1.33 bits per heavy atom.